The van der Waals surface area contributed by atoms with Crippen molar-refractivity contribution >= 4 is 16.9 Å². The lowest BCUT2D eigenvalue weighted by Gasteiger charge is -2.36. The van der Waals surface area contributed by atoms with Crippen molar-refractivity contribution in [1.29, 1.82) is 0 Å². The Hall–Kier alpha value is -0.970. The maximum absolute atomic E-state index is 5.44. The van der Waals surface area contributed by atoms with E-state index >= 15 is 0 Å². The molecule has 2 fully saturated rings. The minimum atomic E-state index is 0.299. The first-order valence-corrected chi connectivity index (χ1v) is 8.01. The largest absolute Gasteiger partial charge is 0.444 e. The van der Waals surface area contributed by atoms with Gasteiger partial charge in [0, 0.05) is 11.3 Å². The van der Waals surface area contributed by atoms with Crippen LogP contribution in [0.15, 0.2) is 15.6 Å². The van der Waals surface area contributed by atoms with Gasteiger partial charge in [0.15, 0.2) is 5.17 Å². The van der Waals surface area contributed by atoms with Crippen LogP contribution in [0.25, 0.3) is 0 Å². The number of thioether (sulfide) groups is 1. The molecule has 1 N–H and O–H groups in total. The fourth-order valence-electron chi connectivity index (χ4n) is 3.11. The highest BCUT2D eigenvalue weighted by atomic mass is 32.2. The van der Waals surface area contributed by atoms with Crippen molar-refractivity contribution < 1.29 is 4.42 Å². The van der Waals surface area contributed by atoms with Gasteiger partial charge in [-0.05, 0) is 25.7 Å². The molecule has 1 aromatic rings. The van der Waals surface area contributed by atoms with E-state index in [-0.39, 0.29) is 0 Å². The van der Waals surface area contributed by atoms with Gasteiger partial charge in [0.25, 0.3) is 0 Å². The van der Waals surface area contributed by atoms with Gasteiger partial charge in [-0.2, -0.15) is 0 Å². The zero-order valence-corrected chi connectivity index (χ0v) is 12.4. The summed E-state index contributed by atoms with van der Waals surface area (Å²) in [5.74, 6) is 3.53. The van der Waals surface area contributed by atoms with E-state index in [1.807, 2.05) is 18.7 Å². The highest BCUT2D eigenvalue weighted by Gasteiger charge is 2.40. The number of nitrogens with one attached hydrogen (secondary N) is 1. The number of hydrogen-bond acceptors (Lipinski definition) is 4. The third kappa shape index (κ3) is 2.96. The first-order chi connectivity index (χ1) is 9.15. The zero-order valence-electron chi connectivity index (χ0n) is 11.6. The van der Waals surface area contributed by atoms with Gasteiger partial charge >= 0.3 is 0 Å². The summed E-state index contributed by atoms with van der Waals surface area (Å²) in [7, 11) is 0. The molecule has 5 heteroatoms. The molecule has 1 aliphatic carbocycles. The third-order valence-corrected chi connectivity index (χ3v) is 5.18. The highest BCUT2D eigenvalue weighted by Crippen LogP contribution is 2.38. The number of hydrogen-bond donors (Lipinski definition) is 1. The molecule has 19 heavy (non-hydrogen) atoms. The normalized spacial score (nSPS) is 32.9. The van der Waals surface area contributed by atoms with Gasteiger partial charge in [-0.3, -0.25) is 4.99 Å². The van der Waals surface area contributed by atoms with Crippen LogP contribution >= 0.6 is 11.8 Å². The molecule has 0 aromatic carbocycles. The summed E-state index contributed by atoms with van der Waals surface area (Å²) in [6.45, 7) is 4.80. The summed E-state index contributed by atoms with van der Waals surface area (Å²) in [5.41, 5.74) is 0.299. The number of aliphatic imine (C=N–C) groups is 1. The molecule has 2 aliphatic rings. The van der Waals surface area contributed by atoms with Gasteiger partial charge in [-0.15, -0.1) is 0 Å². The molecular formula is C14H21N3OS. The number of aryl methyl sites for hydroxylation is 1. The minimum Gasteiger partial charge on any atom is -0.444 e. The summed E-state index contributed by atoms with van der Waals surface area (Å²) in [5, 5.41) is 4.72. The topological polar surface area (TPSA) is 50.4 Å². The average molecular weight is 279 g/mol. The standard InChI is InChI=1S/C14H21N3OS/c1-10-4-3-5-14(6-10)9-19-13(17-14)16-8-12-15-7-11(2)18-12/h7,10H,3-6,8-9H2,1-2H3,(H,16,17). The van der Waals surface area contributed by atoms with Gasteiger partial charge in [0.2, 0.25) is 5.89 Å². The summed E-state index contributed by atoms with van der Waals surface area (Å²) >= 11 is 1.85. The SMILES string of the molecule is Cc1cnc(CN=C2NC3(CCCC(C)C3)CS2)o1. The van der Waals surface area contributed by atoms with E-state index in [2.05, 4.69) is 22.2 Å². The van der Waals surface area contributed by atoms with Crippen molar-refractivity contribution in [2.75, 3.05) is 5.75 Å². The third-order valence-electron chi connectivity index (χ3n) is 3.98. The molecule has 1 spiro atoms. The zero-order chi connectivity index (χ0) is 13.3. The van der Waals surface area contributed by atoms with E-state index in [4.69, 9.17) is 4.42 Å². The van der Waals surface area contributed by atoms with Crippen molar-refractivity contribution in [3.8, 4) is 0 Å². The molecule has 1 aliphatic heterocycles. The molecule has 3 rings (SSSR count). The van der Waals surface area contributed by atoms with Gasteiger partial charge in [0.05, 0.1) is 6.20 Å². The van der Waals surface area contributed by atoms with Crippen LogP contribution < -0.4 is 5.32 Å². The summed E-state index contributed by atoms with van der Waals surface area (Å²) in [6, 6.07) is 0. The lowest BCUT2D eigenvalue weighted by atomic mass is 9.78. The highest BCUT2D eigenvalue weighted by molar-refractivity contribution is 8.14. The first-order valence-electron chi connectivity index (χ1n) is 7.02. The number of oxazole rings is 1. The lowest BCUT2D eigenvalue weighted by Crippen LogP contribution is -2.47. The van der Waals surface area contributed by atoms with Crippen LogP contribution in [-0.2, 0) is 6.54 Å². The smallest absolute Gasteiger partial charge is 0.216 e. The molecule has 104 valence electrons. The number of rotatable bonds is 2. The van der Waals surface area contributed by atoms with Crippen LogP contribution in [0.3, 0.4) is 0 Å². The van der Waals surface area contributed by atoms with Crippen LogP contribution in [0.5, 0.6) is 0 Å². The predicted molar refractivity (Wildman–Crippen MR) is 78.3 cm³/mol. The van der Waals surface area contributed by atoms with E-state index in [1.54, 1.807) is 6.20 Å². The van der Waals surface area contributed by atoms with Crippen LogP contribution in [0.2, 0.25) is 0 Å². The Bertz CT molecular complexity index is 485. The molecule has 1 saturated carbocycles. The second-order valence-corrected chi connectivity index (χ2v) is 6.85. The molecule has 1 saturated heterocycles. The molecule has 2 atom stereocenters. The van der Waals surface area contributed by atoms with Crippen LogP contribution in [0.4, 0.5) is 0 Å². The van der Waals surface area contributed by atoms with Crippen molar-refractivity contribution in [2.45, 2.75) is 51.6 Å². The van der Waals surface area contributed by atoms with E-state index in [1.165, 1.54) is 25.7 Å². The van der Waals surface area contributed by atoms with Crippen molar-refractivity contribution in [1.82, 2.24) is 10.3 Å². The summed E-state index contributed by atoms with van der Waals surface area (Å²) in [4.78, 5) is 8.78. The van der Waals surface area contributed by atoms with E-state index < -0.39 is 0 Å². The quantitative estimate of drug-likeness (QED) is 0.903. The predicted octanol–water partition coefficient (Wildman–Crippen LogP) is 3.12. The Morgan fingerprint density at radius 2 is 2.53 bits per heavy atom. The van der Waals surface area contributed by atoms with Gasteiger partial charge < -0.3 is 9.73 Å². The lowest BCUT2D eigenvalue weighted by molar-refractivity contribution is 0.242. The van der Waals surface area contributed by atoms with Crippen molar-refractivity contribution in [3.63, 3.8) is 0 Å². The molecule has 2 unspecified atom stereocenters. The van der Waals surface area contributed by atoms with Gasteiger partial charge in [-0.1, -0.05) is 31.5 Å². The Morgan fingerprint density at radius 3 is 3.26 bits per heavy atom. The molecule has 2 heterocycles. The maximum atomic E-state index is 5.44. The molecule has 0 amide bonds. The second-order valence-electron chi connectivity index (χ2n) is 5.88. The monoisotopic (exact) mass is 279 g/mol. The van der Waals surface area contributed by atoms with Gasteiger partial charge in [-0.25, -0.2) is 4.98 Å². The van der Waals surface area contributed by atoms with Gasteiger partial charge in [0.1, 0.15) is 12.3 Å². The average Bonchev–Trinajstić information content (AvgIpc) is 2.94. The van der Waals surface area contributed by atoms with Crippen molar-refractivity contribution in [3.05, 3.63) is 17.8 Å². The fourth-order valence-corrected chi connectivity index (χ4v) is 4.30. The Labute approximate surface area is 118 Å². The Morgan fingerprint density at radius 1 is 1.63 bits per heavy atom. The molecule has 1 aromatic heterocycles. The van der Waals surface area contributed by atoms with Crippen LogP contribution in [-0.4, -0.2) is 21.4 Å². The van der Waals surface area contributed by atoms with E-state index in [0.717, 1.165) is 22.6 Å². The molecule has 0 bridgehead atoms. The molecule has 0 radical (unpaired) electrons. The Balaban J connectivity index is 1.62. The first kappa shape index (κ1) is 13.0. The van der Waals surface area contributed by atoms with Crippen LogP contribution in [0, 0.1) is 12.8 Å². The molecular weight excluding hydrogens is 258 g/mol. The van der Waals surface area contributed by atoms with E-state index in [9.17, 15) is 0 Å². The molecule has 4 nitrogen and oxygen atoms in total. The number of amidine groups is 1. The fraction of sp³-hybridized carbons (Fsp3) is 0.714. The Kier molecular flexibility index (Phi) is 3.56. The minimum absolute atomic E-state index is 0.299. The maximum Gasteiger partial charge on any atom is 0.216 e. The second kappa shape index (κ2) is 5.19. The summed E-state index contributed by atoms with van der Waals surface area (Å²) in [6.07, 6.45) is 7.00. The summed E-state index contributed by atoms with van der Waals surface area (Å²) < 4.78 is 5.44. The number of aromatic nitrogens is 1. The number of nitrogens with zero attached hydrogens (tertiary/aromatic N) is 2. The van der Waals surface area contributed by atoms with Crippen molar-refractivity contribution in [2.24, 2.45) is 10.9 Å². The van der Waals surface area contributed by atoms with Crippen LogP contribution in [0.1, 0.15) is 44.3 Å². The van der Waals surface area contributed by atoms with E-state index in [0.29, 0.717) is 18.0 Å².